The summed E-state index contributed by atoms with van der Waals surface area (Å²) in [6.07, 6.45) is 4.14. The van der Waals surface area contributed by atoms with E-state index in [0.29, 0.717) is 6.42 Å². The Morgan fingerprint density at radius 3 is 1.95 bits per heavy atom. The summed E-state index contributed by atoms with van der Waals surface area (Å²) in [5.41, 5.74) is -1.09. The molecular formula is C15H30O4. The summed E-state index contributed by atoms with van der Waals surface area (Å²) in [6.45, 7) is 5.39. The second-order valence-corrected chi connectivity index (χ2v) is 6.13. The molecule has 0 rings (SSSR count). The molecule has 0 amide bonds. The third kappa shape index (κ3) is 6.02. The minimum absolute atomic E-state index is 0.0117. The summed E-state index contributed by atoms with van der Waals surface area (Å²) >= 11 is 0. The molecule has 1 unspecified atom stereocenters. The highest BCUT2D eigenvalue weighted by atomic mass is 16.3. The Morgan fingerprint density at radius 1 is 1.00 bits per heavy atom. The lowest BCUT2D eigenvalue weighted by molar-refractivity contribution is -0.126. The van der Waals surface area contributed by atoms with Gasteiger partial charge in [-0.15, -0.1) is 0 Å². The monoisotopic (exact) mass is 274 g/mol. The maximum atomic E-state index is 12.1. The highest BCUT2D eigenvalue weighted by molar-refractivity contribution is 5.79. The van der Waals surface area contributed by atoms with E-state index in [1.807, 2.05) is 6.92 Å². The quantitative estimate of drug-likeness (QED) is 0.538. The molecule has 0 fully saturated rings. The van der Waals surface area contributed by atoms with Crippen molar-refractivity contribution in [1.29, 1.82) is 0 Å². The van der Waals surface area contributed by atoms with E-state index < -0.39 is 5.41 Å². The van der Waals surface area contributed by atoms with Gasteiger partial charge in [0.15, 0.2) is 0 Å². The summed E-state index contributed by atoms with van der Waals surface area (Å²) in [5.74, 6) is 0.0117. The molecule has 0 aromatic heterocycles. The molecule has 0 saturated heterocycles. The lowest BCUT2D eigenvalue weighted by atomic mass is 9.74. The Morgan fingerprint density at radius 2 is 1.58 bits per heavy atom. The van der Waals surface area contributed by atoms with Crippen molar-refractivity contribution in [1.82, 2.24) is 0 Å². The van der Waals surface area contributed by atoms with Gasteiger partial charge in [-0.05, 0) is 12.8 Å². The second-order valence-electron chi connectivity index (χ2n) is 6.13. The van der Waals surface area contributed by atoms with E-state index in [1.165, 1.54) is 0 Å². The minimum Gasteiger partial charge on any atom is -0.396 e. The molecule has 0 spiro atoms. The van der Waals surface area contributed by atoms with Crippen LogP contribution in [0.4, 0.5) is 0 Å². The number of carbonyl (C=O) groups is 1. The largest absolute Gasteiger partial charge is 0.396 e. The Balaban J connectivity index is 4.63. The molecule has 0 aliphatic heterocycles. The topological polar surface area (TPSA) is 77.8 Å². The zero-order valence-electron chi connectivity index (χ0n) is 12.6. The maximum Gasteiger partial charge on any atom is 0.134 e. The van der Waals surface area contributed by atoms with E-state index in [1.54, 1.807) is 6.92 Å². The van der Waals surface area contributed by atoms with E-state index in [4.69, 9.17) is 0 Å². The SMILES string of the molecule is CCCCC(CC)(CO)CC(=O)CC(C)(CO)CO. The Hall–Kier alpha value is -0.450. The predicted octanol–water partition coefficient (Wildman–Crippen LogP) is 1.91. The Kier molecular flexibility index (Phi) is 8.46. The van der Waals surface area contributed by atoms with Crippen LogP contribution in [0.2, 0.25) is 0 Å². The van der Waals surface area contributed by atoms with Gasteiger partial charge in [0.1, 0.15) is 5.78 Å². The van der Waals surface area contributed by atoms with Crippen molar-refractivity contribution in [2.75, 3.05) is 19.8 Å². The molecule has 0 bridgehead atoms. The van der Waals surface area contributed by atoms with Gasteiger partial charge in [0, 0.05) is 30.3 Å². The van der Waals surface area contributed by atoms with Gasteiger partial charge >= 0.3 is 0 Å². The molecule has 0 aliphatic rings. The first-order valence-corrected chi connectivity index (χ1v) is 7.25. The molecule has 3 N–H and O–H groups in total. The predicted molar refractivity (Wildman–Crippen MR) is 75.9 cm³/mol. The number of hydrogen-bond donors (Lipinski definition) is 3. The number of unbranched alkanes of at least 4 members (excludes halogenated alkanes) is 1. The van der Waals surface area contributed by atoms with Crippen LogP contribution in [0.25, 0.3) is 0 Å². The van der Waals surface area contributed by atoms with Gasteiger partial charge in [0.25, 0.3) is 0 Å². The lowest BCUT2D eigenvalue weighted by Crippen LogP contribution is -2.33. The number of ketones is 1. The number of rotatable bonds is 11. The van der Waals surface area contributed by atoms with Crippen LogP contribution in [0.15, 0.2) is 0 Å². The number of carbonyl (C=O) groups excluding carboxylic acids is 1. The standard InChI is InChI=1S/C15H30O4/c1-4-6-7-15(5-2,12-18)9-13(19)8-14(3,10-16)11-17/h16-18H,4-12H2,1-3H3. The number of Topliss-reactive ketones (excluding diaryl/α,β-unsaturated/α-hetero) is 1. The van der Waals surface area contributed by atoms with Gasteiger partial charge in [-0.1, -0.05) is 33.6 Å². The molecule has 4 heteroatoms. The summed E-state index contributed by atoms with van der Waals surface area (Å²) in [6, 6.07) is 0. The fourth-order valence-electron chi connectivity index (χ4n) is 2.31. The fourth-order valence-corrected chi connectivity index (χ4v) is 2.31. The zero-order chi connectivity index (χ0) is 14.9. The smallest absolute Gasteiger partial charge is 0.134 e. The first-order chi connectivity index (χ1) is 8.90. The van der Waals surface area contributed by atoms with Gasteiger partial charge < -0.3 is 15.3 Å². The molecule has 0 radical (unpaired) electrons. The lowest BCUT2D eigenvalue weighted by Gasteiger charge is -2.32. The number of hydrogen-bond acceptors (Lipinski definition) is 4. The van der Waals surface area contributed by atoms with Crippen molar-refractivity contribution in [2.24, 2.45) is 10.8 Å². The van der Waals surface area contributed by atoms with Crippen molar-refractivity contribution < 1.29 is 20.1 Å². The molecular weight excluding hydrogens is 244 g/mol. The highest BCUT2D eigenvalue weighted by Crippen LogP contribution is 2.34. The van der Waals surface area contributed by atoms with Gasteiger partial charge in [-0.25, -0.2) is 0 Å². The average Bonchev–Trinajstić information content (AvgIpc) is 2.43. The first-order valence-electron chi connectivity index (χ1n) is 7.25. The molecule has 0 aromatic rings. The van der Waals surface area contributed by atoms with Crippen LogP contribution >= 0.6 is 0 Å². The summed E-state index contributed by atoms with van der Waals surface area (Å²) in [5, 5.41) is 28.1. The van der Waals surface area contributed by atoms with E-state index in [-0.39, 0.29) is 37.4 Å². The van der Waals surface area contributed by atoms with Gasteiger partial charge in [0.2, 0.25) is 0 Å². The molecule has 114 valence electrons. The highest BCUT2D eigenvalue weighted by Gasteiger charge is 2.33. The van der Waals surface area contributed by atoms with Gasteiger partial charge in [-0.2, -0.15) is 0 Å². The van der Waals surface area contributed by atoms with Crippen molar-refractivity contribution in [2.45, 2.75) is 59.3 Å². The van der Waals surface area contributed by atoms with E-state index >= 15 is 0 Å². The average molecular weight is 274 g/mol. The fraction of sp³-hybridized carbons (Fsp3) is 0.933. The van der Waals surface area contributed by atoms with Crippen LogP contribution in [0, 0.1) is 10.8 Å². The normalized spacial score (nSPS) is 15.3. The van der Waals surface area contributed by atoms with Crippen LogP contribution in [-0.4, -0.2) is 40.9 Å². The van der Waals surface area contributed by atoms with E-state index in [9.17, 15) is 20.1 Å². The zero-order valence-corrected chi connectivity index (χ0v) is 12.6. The maximum absolute atomic E-state index is 12.1. The van der Waals surface area contributed by atoms with Gasteiger partial charge in [-0.3, -0.25) is 4.79 Å². The van der Waals surface area contributed by atoms with Crippen LogP contribution < -0.4 is 0 Å². The summed E-state index contributed by atoms with van der Waals surface area (Å²) in [4.78, 5) is 12.1. The van der Waals surface area contributed by atoms with Crippen molar-refractivity contribution in [3.63, 3.8) is 0 Å². The molecule has 4 nitrogen and oxygen atoms in total. The Bertz CT molecular complexity index is 255. The third-order valence-corrected chi connectivity index (χ3v) is 4.11. The molecule has 0 saturated carbocycles. The molecule has 1 atom stereocenters. The molecule has 0 aliphatic carbocycles. The number of aliphatic hydroxyl groups excluding tert-OH is 3. The first kappa shape index (κ1) is 18.6. The summed E-state index contributed by atoms with van der Waals surface area (Å²) < 4.78 is 0. The van der Waals surface area contributed by atoms with Gasteiger partial charge in [0.05, 0.1) is 13.2 Å². The van der Waals surface area contributed by atoms with Crippen LogP contribution in [0.3, 0.4) is 0 Å². The van der Waals surface area contributed by atoms with Crippen LogP contribution in [0.1, 0.15) is 59.3 Å². The molecule has 19 heavy (non-hydrogen) atoms. The molecule has 0 aromatic carbocycles. The van der Waals surface area contributed by atoms with Crippen LogP contribution in [0.5, 0.6) is 0 Å². The van der Waals surface area contributed by atoms with Crippen molar-refractivity contribution in [3.8, 4) is 0 Å². The third-order valence-electron chi connectivity index (χ3n) is 4.11. The molecule has 0 heterocycles. The van der Waals surface area contributed by atoms with Crippen molar-refractivity contribution >= 4 is 5.78 Å². The summed E-state index contributed by atoms with van der Waals surface area (Å²) in [7, 11) is 0. The van der Waals surface area contributed by atoms with Crippen LogP contribution in [-0.2, 0) is 4.79 Å². The Labute approximate surface area is 116 Å². The minimum atomic E-state index is -0.753. The van der Waals surface area contributed by atoms with E-state index in [0.717, 1.165) is 25.7 Å². The van der Waals surface area contributed by atoms with E-state index in [2.05, 4.69) is 6.92 Å². The second kappa shape index (κ2) is 8.67. The van der Waals surface area contributed by atoms with Crippen molar-refractivity contribution in [3.05, 3.63) is 0 Å². The number of aliphatic hydroxyl groups is 3.